The zero-order valence-corrected chi connectivity index (χ0v) is 20.3. The average Bonchev–Trinajstić information content (AvgIpc) is 3.33. The molecule has 0 spiro atoms. The highest BCUT2D eigenvalue weighted by Crippen LogP contribution is 2.43. The van der Waals surface area contributed by atoms with Gasteiger partial charge in [-0.15, -0.1) is 35.1 Å². The predicted octanol–water partition coefficient (Wildman–Crippen LogP) is 6.90. The fourth-order valence-electron chi connectivity index (χ4n) is 4.02. The van der Waals surface area contributed by atoms with E-state index in [1.54, 1.807) is 34.8 Å². The molecule has 3 nitrogen and oxygen atoms in total. The predicted molar refractivity (Wildman–Crippen MR) is 134 cm³/mol. The van der Waals surface area contributed by atoms with E-state index in [1.807, 2.05) is 18.2 Å². The van der Waals surface area contributed by atoms with Crippen molar-refractivity contribution in [3.05, 3.63) is 74.4 Å². The van der Waals surface area contributed by atoms with E-state index in [1.165, 1.54) is 20.7 Å². The van der Waals surface area contributed by atoms with Crippen LogP contribution in [0.4, 0.5) is 0 Å². The molecule has 0 fully saturated rings. The maximum Gasteiger partial charge on any atom is 0.168 e. The Bertz CT molecular complexity index is 1200. The zero-order valence-electron chi connectivity index (χ0n) is 17.1. The third-order valence-corrected chi connectivity index (χ3v) is 8.17. The summed E-state index contributed by atoms with van der Waals surface area (Å²) in [5, 5.41) is 1.69. The first-order valence-corrected chi connectivity index (χ1v) is 12.1. The van der Waals surface area contributed by atoms with Gasteiger partial charge in [0, 0.05) is 45.4 Å². The molecule has 4 aromatic rings. The van der Waals surface area contributed by atoms with Crippen molar-refractivity contribution in [2.45, 2.75) is 26.3 Å². The van der Waals surface area contributed by atoms with Crippen LogP contribution in [-0.2, 0) is 19.4 Å². The van der Waals surface area contributed by atoms with Crippen LogP contribution in [0.25, 0.3) is 20.8 Å². The molecule has 0 unspecified atom stereocenters. The third-order valence-electron chi connectivity index (χ3n) is 5.65. The lowest BCUT2D eigenvalue weighted by atomic mass is 9.99. The van der Waals surface area contributed by atoms with Gasteiger partial charge in [-0.05, 0) is 54.9 Å². The Morgan fingerprint density at radius 1 is 1.13 bits per heavy atom. The maximum atomic E-state index is 13.1. The highest BCUT2D eigenvalue weighted by atomic mass is 35.5. The van der Waals surface area contributed by atoms with Gasteiger partial charge in [0.2, 0.25) is 0 Å². The number of aromatic nitrogens is 1. The number of hydrogen-bond donors (Lipinski definition) is 0. The van der Waals surface area contributed by atoms with Crippen LogP contribution >= 0.6 is 46.7 Å². The summed E-state index contributed by atoms with van der Waals surface area (Å²) in [6, 6.07) is 15.4. The fraction of sp³-hybridized carbons (Fsp3) is 0.250. The van der Waals surface area contributed by atoms with Crippen LogP contribution in [-0.4, -0.2) is 28.8 Å². The largest absolute Gasteiger partial charge is 0.298 e. The van der Waals surface area contributed by atoms with E-state index in [9.17, 15) is 4.79 Å². The van der Waals surface area contributed by atoms with Crippen molar-refractivity contribution < 1.29 is 4.79 Å². The lowest BCUT2D eigenvalue weighted by molar-refractivity contribution is 0.0994. The van der Waals surface area contributed by atoms with E-state index in [0.717, 1.165) is 41.5 Å². The first kappa shape index (κ1) is 22.4. The number of halogens is 2. The minimum Gasteiger partial charge on any atom is -0.298 e. The number of benzene rings is 2. The Kier molecular flexibility index (Phi) is 6.80. The Labute approximate surface area is 201 Å². The summed E-state index contributed by atoms with van der Waals surface area (Å²) in [6.45, 7) is 5.27. The van der Waals surface area contributed by atoms with E-state index in [-0.39, 0.29) is 18.2 Å². The fourth-order valence-corrected chi connectivity index (χ4v) is 6.67. The summed E-state index contributed by atoms with van der Waals surface area (Å²) in [5.74, 6) is 0.125. The number of rotatable bonds is 5. The topological polar surface area (TPSA) is 33.2 Å². The van der Waals surface area contributed by atoms with Gasteiger partial charge in [-0.3, -0.25) is 9.69 Å². The number of carbonyl (C=O) groups excluding carboxylic acids is 1. The summed E-state index contributed by atoms with van der Waals surface area (Å²) >= 11 is 9.51. The second kappa shape index (κ2) is 9.39. The third kappa shape index (κ3) is 4.43. The molecule has 0 saturated heterocycles. The van der Waals surface area contributed by atoms with Crippen LogP contribution in [0.5, 0.6) is 0 Å². The minimum atomic E-state index is 0. The normalized spacial score (nSPS) is 13.7. The molecule has 1 aliphatic heterocycles. The summed E-state index contributed by atoms with van der Waals surface area (Å²) in [5.41, 5.74) is 4.33. The number of thiazole rings is 1. The molecule has 5 rings (SSSR count). The van der Waals surface area contributed by atoms with Gasteiger partial charge in [-0.1, -0.05) is 30.7 Å². The highest BCUT2D eigenvalue weighted by Gasteiger charge is 2.27. The van der Waals surface area contributed by atoms with Gasteiger partial charge in [0.15, 0.2) is 5.78 Å². The molecule has 2 aromatic carbocycles. The Hall–Kier alpha value is -1.76. The number of fused-ring (bicyclic) bond motifs is 2. The molecule has 0 atom stereocenters. The number of ketones is 1. The summed E-state index contributed by atoms with van der Waals surface area (Å²) in [6.07, 6.45) is 1.41. The molecule has 0 radical (unpaired) electrons. The van der Waals surface area contributed by atoms with Crippen LogP contribution in [0.1, 0.15) is 32.6 Å². The molecule has 3 heterocycles. The minimum absolute atomic E-state index is 0. The van der Waals surface area contributed by atoms with Crippen molar-refractivity contribution >= 4 is 62.7 Å². The van der Waals surface area contributed by atoms with Gasteiger partial charge in [-0.2, -0.15) is 0 Å². The summed E-state index contributed by atoms with van der Waals surface area (Å²) in [4.78, 5) is 23.0. The molecule has 160 valence electrons. The van der Waals surface area contributed by atoms with Crippen LogP contribution in [0.15, 0.2) is 48.5 Å². The van der Waals surface area contributed by atoms with Gasteiger partial charge in [0.25, 0.3) is 0 Å². The Balaban J connectivity index is 0.00000231. The Morgan fingerprint density at radius 2 is 1.90 bits per heavy atom. The van der Waals surface area contributed by atoms with E-state index in [0.29, 0.717) is 17.0 Å². The zero-order chi connectivity index (χ0) is 20.7. The van der Waals surface area contributed by atoms with Crippen LogP contribution in [0.2, 0.25) is 5.02 Å². The van der Waals surface area contributed by atoms with E-state index >= 15 is 0 Å². The van der Waals surface area contributed by atoms with Gasteiger partial charge in [0.05, 0.1) is 10.2 Å². The molecule has 31 heavy (non-hydrogen) atoms. The van der Waals surface area contributed by atoms with Gasteiger partial charge >= 0.3 is 0 Å². The quantitative estimate of drug-likeness (QED) is 0.286. The van der Waals surface area contributed by atoms with Crippen molar-refractivity contribution in [3.63, 3.8) is 0 Å². The molecular formula is C24H22Cl2N2OS2. The second-order valence-corrected chi connectivity index (χ2v) is 10.2. The van der Waals surface area contributed by atoms with Crippen LogP contribution in [0, 0.1) is 0 Å². The van der Waals surface area contributed by atoms with Crippen LogP contribution in [0.3, 0.4) is 0 Å². The number of thiophene rings is 1. The SMILES string of the molecule is CCN1CCc2c(sc(CC(=O)c3ccc(Cl)cc3)c2-c2nc3ccccc3s2)C1.Cl. The number of para-hydroxylation sites is 1. The van der Waals surface area contributed by atoms with Crippen molar-refractivity contribution in [2.75, 3.05) is 13.1 Å². The smallest absolute Gasteiger partial charge is 0.168 e. The first-order valence-electron chi connectivity index (χ1n) is 10.1. The molecule has 0 aliphatic carbocycles. The lowest BCUT2D eigenvalue weighted by Crippen LogP contribution is -2.29. The standard InChI is InChI=1S/C24H21ClN2OS2.ClH/c1-2-27-12-11-17-22(14-27)29-21(13-19(28)15-7-9-16(25)10-8-15)23(17)24-26-18-5-3-4-6-20(18)30-24;/h3-10H,2,11-14H2,1H3;1H. The molecule has 2 aromatic heterocycles. The monoisotopic (exact) mass is 488 g/mol. The first-order chi connectivity index (χ1) is 14.6. The van der Waals surface area contributed by atoms with Crippen molar-refractivity contribution in [2.24, 2.45) is 0 Å². The van der Waals surface area contributed by atoms with Crippen molar-refractivity contribution in [3.8, 4) is 10.6 Å². The van der Waals surface area contributed by atoms with E-state index in [2.05, 4.69) is 30.0 Å². The molecule has 1 aliphatic rings. The molecule has 0 amide bonds. The molecular weight excluding hydrogens is 467 g/mol. The molecule has 0 saturated carbocycles. The number of carbonyl (C=O) groups is 1. The summed E-state index contributed by atoms with van der Waals surface area (Å²) in [7, 11) is 0. The second-order valence-electron chi connectivity index (χ2n) is 7.51. The van der Waals surface area contributed by atoms with Gasteiger partial charge < -0.3 is 0 Å². The van der Waals surface area contributed by atoms with Crippen molar-refractivity contribution in [1.82, 2.24) is 9.88 Å². The number of likely N-dealkylation sites (N-methyl/N-ethyl adjacent to an activating group) is 1. The van der Waals surface area contributed by atoms with Gasteiger partial charge in [-0.25, -0.2) is 4.98 Å². The Morgan fingerprint density at radius 3 is 2.65 bits per heavy atom. The molecule has 7 heteroatoms. The summed E-state index contributed by atoms with van der Waals surface area (Å²) < 4.78 is 1.19. The lowest BCUT2D eigenvalue weighted by Gasteiger charge is -2.25. The average molecular weight is 489 g/mol. The molecule has 0 N–H and O–H groups in total. The van der Waals surface area contributed by atoms with E-state index < -0.39 is 0 Å². The molecule has 0 bridgehead atoms. The number of Topliss-reactive ketones (excluding diaryl/α,β-unsaturated/α-hetero) is 1. The van der Waals surface area contributed by atoms with Crippen LogP contribution < -0.4 is 0 Å². The maximum absolute atomic E-state index is 13.1. The van der Waals surface area contributed by atoms with Crippen molar-refractivity contribution in [1.29, 1.82) is 0 Å². The number of hydrogen-bond acceptors (Lipinski definition) is 5. The van der Waals surface area contributed by atoms with E-state index in [4.69, 9.17) is 16.6 Å². The highest BCUT2D eigenvalue weighted by molar-refractivity contribution is 7.22. The number of nitrogens with zero attached hydrogens (tertiary/aromatic N) is 2. The van der Waals surface area contributed by atoms with Gasteiger partial charge in [0.1, 0.15) is 5.01 Å².